The smallest absolute Gasteiger partial charge is 0.317 e. The molecule has 0 spiro atoms. The van der Waals surface area contributed by atoms with Gasteiger partial charge in [-0.05, 0) is 13.8 Å². The number of carboxylic acid groups (broad SMARTS) is 1. The van der Waals surface area contributed by atoms with Crippen LogP contribution in [0.3, 0.4) is 0 Å². The molecule has 0 aromatic carbocycles. The molecule has 1 heterocycles. The van der Waals surface area contributed by atoms with Crippen LogP contribution in [0.4, 0.5) is 4.79 Å². The van der Waals surface area contributed by atoms with Gasteiger partial charge in [0.2, 0.25) is 0 Å². The first-order valence-corrected chi connectivity index (χ1v) is 6.75. The van der Waals surface area contributed by atoms with E-state index < -0.39 is 11.5 Å². The predicted octanol–water partition coefficient (Wildman–Crippen LogP) is 1.39. The minimum absolute atomic E-state index is 0.0725. The summed E-state index contributed by atoms with van der Waals surface area (Å²) in [6.45, 7) is 6.98. The van der Waals surface area contributed by atoms with Gasteiger partial charge in [-0.25, -0.2) is 4.79 Å². The van der Waals surface area contributed by atoms with Crippen LogP contribution in [0.15, 0.2) is 0 Å². The standard InChI is InChI=1S/C11H20N2O3S/c1-8-7-13(4-5-17-8)10(16)12-11(2,3)6-9(14)15/h8H,4-7H2,1-3H3,(H,12,16)(H,14,15). The number of urea groups is 1. The normalized spacial score (nSPS) is 21.1. The Morgan fingerprint density at radius 3 is 2.71 bits per heavy atom. The molecule has 2 amide bonds. The molecule has 17 heavy (non-hydrogen) atoms. The zero-order chi connectivity index (χ0) is 13.1. The number of carbonyl (C=O) groups excluding carboxylic acids is 1. The van der Waals surface area contributed by atoms with E-state index >= 15 is 0 Å². The fraction of sp³-hybridized carbons (Fsp3) is 0.818. The van der Waals surface area contributed by atoms with E-state index in [1.54, 1.807) is 18.7 Å². The quantitative estimate of drug-likeness (QED) is 0.804. The molecular formula is C11H20N2O3S. The Morgan fingerprint density at radius 2 is 2.18 bits per heavy atom. The van der Waals surface area contributed by atoms with Gasteiger partial charge >= 0.3 is 12.0 Å². The van der Waals surface area contributed by atoms with E-state index in [4.69, 9.17) is 5.11 Å². The number of carbonyl (C=O) groups is 2. The molecule has 0 radical (unpaired) electrons. The van der Waals surface area contributed by atoms with Gasteiger partial charge in [-0.3, -0.25) is 4.79 Å². The minimum atomic E-state index is -0.905. The maximum Gasteiger partial charge on any atom is 0.317 e. The highest BCUT2D eigenvalue weighted by atomic mass is 32.2. The molecule has 1 saturated heterocycles. The summed E-state index contributed by atoms with van der Waals surface area (Å²) in [5, 5.41) is 12.0. The van der Waals surface area contributed by atoms with Crippen molar-refractivity contribution in [1.29, 1.82) is 0 Å². The van der Waals surface area contributed by atoms with Crippen LogP contribution in [0.2, 0.25) is 0 Å². The highest BCUT2D eigenvalue weighted by Gasteiger charge is 2.28. The van der Waals surface area contributed by atoms with Gasteiger partial charge in [0, 0.05) is 29.6 Å². The number of carboxylic acids is 1. The van der Waals surface area contributed by atoms with Crippen LogP contribution in [0.5, 0.6) is 0 Å². The van der Waals surface area contributed by atoms with E-state index in [9.17, 15) is 9.59 Å². The highest BCUT2D eigenvalue weighted by molar-refractivity contribution is 7.99. The van der Waals surface area contributed by atoms with Gasteiger partial charge in [-0.2, -0.15) is 11.8 Å². The Balaban J connectivity index is 2.50. The maximum absolute atomic E-state index is 12.0. The molecular weight excluding hydrogens is 240 g/mol. The van der Waals surface area contributed by atoms with Crippen LogP contribution < -0.4 is 5.32 Å². The second-order valence-corrected chi connectivity index (χ2v) is 6.56. The average Bonchev–Trinajstić information content (AvgIpc) is 2.14. The van der Waals surface area contributed by atoms with Crippen molar-refractivity contribution in [3.05, 3.63) is 0 Å². The van der Waals surface area contributed by atoms with Gasteiger partial charge in [0.25, 0.3) is 0 Å². The molecule has 1 aliphatic heterocycles. The summed E-state index contributed by atoms with van der Waals surface area (Å²) in [4.78, 5) is 24.4. The Kier molecular flexibility index (Phi) is 4.68. The van der Waals surface area contributed by atoms with E-state index in [1.165, 1.54) is 0 Å². The average molecular weight is 260 g/mol. The van der Waals surface area contributed by atoms with Crippen molar-refractivity contribution in [2.24, 2.45) is 0 Å². The molecule has 0 aromatic rings. The summed E-state index contributed by atoms with van der Waals surface area (Å²) in [6.07, 6.45) is -0.0725. The fourth-order valence-corrected chi connectivity index (χ4v) is 2.81. The lowest BCUT2D eigenvalue weighted by atomic mass is 10.0. The van der Waals surface area contributed by atoms with E-state index in [0.717, 1.165) is 18.8 Å². The van der Waals surface area contributed by atoms with Gasteiger partial charge in [0.1, 0.15) is 0 Å². The number of nitrogens with one attached hydrogen (secondary N) is 1. The fourth-order valence-electron chi connectivity index (χ4n) is 1.79. The predicted molar refractivity (Wildman–Crippen MR) is 68.4 cm³/mol. The molecule has 1 fully saturated rings. The Bertz CT molecular complexity index is 307. The topological polar surface area (TPSA) is 69.6 Å². The van der Waals surface area contributed by atoms with Crippen LogP contribution >= 0.6 is 11.8 Å². The van der Waals surface area contributed by atoms with E-state index in [2.05, 4.69) is 12.2 Å². The molecule has 1 rings (SSSR count). The van der Waals surface area contributed by atoms with Crippen molar-refractivity contribution in [3.63, 3.8) is 0 Å². The van der Waals surface area contributed by atoms with Crippen LogP contribution in [0, 0.1) is 0 Å². The number of aliphatic carboxylic acids is 1. The molecule has 1 atom stereocenters. The molecule has 98 valence electrons. The van der Waals surface area contributed by atoms with E-state index in [1.807, 2.05) is 11.8 Å². The lowest BCUT2D eigenvalue weighted by molar-refractivity contribution is -0.138. The number of rotatable bonds is 3. The maximum atomic E-state index is 12.0. The molecule has 0 bridgehead atoms. The first-order chi connectivity index (χ1) is 7.80. The third-order valence-electron chi connectivity index (χ3n) is 2.57. The first-order valence-electron chi connectivity index (χ1n) is 5.71. The first kappa shape index (κ1) is 14.2. The summed E-state index contributed by atoms with van der Waals surface area (Å²) in [5.41, 5.74) is -0.712. The van der Waals surface area contributed by atoms with Crippen molar-refractivity contribution < 1.29 is 14.7 Å². The van der Waals surface area contributed by atoms with E-state index in [0.29, 0.717) is 5.25 Å². The third-order valence-corrected chi connectivity index (χ3v) is 3.70. The van der Waals surface area contributed by atoms with Crippen LogP contribution in [0.25, 0.3) is 0 Å². The molecule has 0 aromatic heterocycles. The second kappa shape index (κ2) is 5.62. The molecule has 6 heteroatoms. The molecule has 0 saturated carbocycles. The van der Waals surface area contributed by atoms with E-state index in [-0.39, 0.29) is 12.5 Å². The van der Waals surface area contributed by atoms with Crippen LogP contribution in [-0.2, 0) is 4.79 Å². The monoisotopic (exact) mass is 260 g/mol. The zero-order valence-corrected chi connectivity index (χ0v) is 11.3. The lowest BCUT2D eigenvalue weighted by Crippen LogP contribution is -2.53. The van der Waals surface area contributed by atoms with Gasteiger partial charge < -0.3 is 15.3 Å². The Morgan fingerprint density at radius 1 is 1.53 bits per heavy atom. The number of hydrogen-bond acceptors (Lipinski definition) is 3. The number of amides is 2. The second-order valence-electron chi connectivity index (χ2n) is 5.01. The van der Waals surface area contributed by atoms with Crippen molar-refractivity contribution in [1.82, 2.24) is 10.2 Å². The van der Waals surface area contributed by atoms with Gasteiger partial charge in [0.05, 0.1) is 6.42 Å². The van der Waals surface area contributed by atoms with Crippen LogP contribution in [-0.4, -0.2) is 51.6 Å². The van der Waals surface area contributed by atoms with Crippen LogP contribution in [0.1, 0.15) is 27.2 Å². The molecule has 1 aliphatic rings. The van der Waals surface area contributed by atoms with Gasteiger partial charge in [-0.15, -0.1) is 0 Å². The Hall–Kier alpha value is -0.910. The Labute approximate surface area is 106 Å². The SMILES string of the molecule is CC1CN(C(=O)NC(C)(C)CC(=O)O)CCS1. The number of thioether (sulfide) groups is 1. The number of hydrogen-bond donors (Lipinski definition) is 2. The summed E-state index contributed by atoms with van der Waals surface area (Å²) in [6, 6.07) is -0.164. The summed E-state index contributed by atoms with van der Waals surface area (Å²) in [5.74, 6) is 0.0337. The molecule has 1 unspecified atom stereocenters. The lowest BCUT2D eigenvalue weighted by Gasteiger charge is -2.34. The van der Waals surface area contributed by atoms with Crippen molar-refractivity contribution in [3.8, 4) is 0 Å². The zero-order valence-electron chi connectivity index (χ0n) is 10.5. The summed E-state index contributed by atoms with van der Waals surface area (Å²) >= 11 is 1.85. The van der Waals surface area contributed by atoms with Crippen molar-refractivity contribution in [2.75, 3.05) is 18.8 Å². The van der Waals surface area contributed by atoms with Crippen molar-refractivity contribution in [2.45, 2.75) is 38.0 Å². The summed E-state index contributed by atoms with van der Waals surface area (Å²) in [7, 11) is 0. The molecule has 2 N–H and O–H groups in total. The minimum Gasteiger partial charge on any atom is -0.481 e. The number of nitrogens with zero attached hydrogens (tertiary/aromatic N) is 1. The highest BCUT2D eigenvalue weighted by Crippen LogP contribution is 2.18. The third kappa shape index (κ3) is 4.85. The largest absolute Gasteiger partial charge is 0.481 e. The van der Waals surface area contributed by atoms with Crippen molar-refractivity contribution >= 4 is 23.8 Å². The van der Waals surface area contributed by atoms with Gasteiger partial charge in [0.15, 0.2) is 0 Å². The molecule has 5 nitrogen and oxygen atoms in total. The summed E-state index contributed by atoms with van der Waals surface area (Å²) < 4.78 is 0. The van der Waals surface area contributed by atoms with Gasteiger partial charge in [-0.1, -0.05) is 6.92 Å². The molecule has 0 aliphatic carbocycles.